The summed E-state index contributed by atoms with van der Waals surface area (Å²) in [6.45, 7) is 9.98. The lowest BCUT2D eigenvalue weighted by Gasteiger charge is -2.39. The van der Waals surface area contributed by atoms with Gasteiger partial charge in [0.2, 0.25) is 5.91 Å². The quantitative estimate of drug-likeness (QED) is 0.475. The molecule has 2 amide bonds. The summed E-state index contributed by atoms with van der Waals surface area (Å²) in [6, 6.07) is 8.52. The molecule has 1 aromatic carbocycles. The van der Waals surface area contributed by atoms with Gasteiger partial charge in [0.25, 0.3) is 0 Å². The number of likely N-dealkylation sites (N-methyl/N-ethyl adjacent to an activating group) is 1. The predicted molar refractivity (Wildman–Crippen MR) is 144 cm³/mol. The lowest BCUT2D eigenvalue weighted by atomic mass is 9.89. The second-order valence-electron chi connectivity index (χ2n) is 10.7. The number of carbonyl (C=O) groups excluding carboxylic acids is 2. The minimum atomic E-state index is -0.554. The average Bonchev–Trinajstić information content (AvgIpc) is 3.31. The summed E-state index contributed by atoms with van der Waals surface area (Å²) in [5.41, 5.74) is 2.94. The molecule has 0 fully saturated rings. The van der Waals surface area contributed by atoms with Crippen LogP contribution >= 0.6 is 0 Å². The van der Waals surface area contributed by atoms with Crippen LogP contribution in [0, 0.1) is 5.82 Å². The molecule has 38 heavy (non-hydrogen) atoms. The van der Waals surface area contributed by atoms with Gasteiger partial charge in [0.05, 0.1) is 18.8 Å². The highest BCUT2D eigenvalue weighted by Gasteiger charge is 2.33. The molecule has 10 heteroatoms. The SMILES string of the molecule is CC(=O)N1c2ccc(-c3cnn(CCN(C)C(=O)OC(C)(C)C)c3)cc2[C@H](Nc2ncccc2F)C[C@@H]1C. The Morgan fingerprint density at radius 3 is 2.68 bits per heavy atom. The first-order chi connectivity index (χ1) is 17.9. The van der Waals surface area contributed by atoms with Crippen LogP contribution in [0.25, 0.3) is 11.1 Å². The van der Waals surface area contributed by atoms with Crippen LogP contribution < -0.4 is 10.2 Å². The van der Waals surface area contributed by atoms with E-state index >= 15 is 0 Å². The van der Waals surface area contributed by atoms with Crippen molar-refractivity contribution < 1.29 is 18.7 Å². The lowest BCUT2D eigenvalue weighted by molar-refractivity contribution is -0.117. The molecule has 3 heterocycles. The minimum absolute atomic E-state index is 0.0455. The number of halogens is 1. The fourth-order valence-electron chi connectivity index (χ4n) is 4.64. The molecular weight excluding hydrogens is 487 g/mol. The molecule has 0 saturated heterocycles. The fraction of sp³-hybridized carbons (Fsp3) is 0.429. The molecule has 9 nitrogen and oxygen atoms in total. The van der Waals surface area contributed by atoms with E-state index in [1.165, 1.54) is 11.0 Å². The maximum atomic E-state index is 14.4. The smallest absolute Gasteiger partial charge is 0.410 e. The molecule has 0 aliphatic carbocycles. The number of hydrogen-bond acceptors (Lipinski definition) is 6. The molecule has 0 unspecified atom stereocenters. The summed E-state index contributed by atoms with van der Waals surface area (Å²) < 4.78 is 21.6. The normalized spacial score (nSPS) is 17.1. The van der Waals surface area contributed by atoms with E-state index in [0.29, 0.717) is 19.5 Å². The number of fused-ring (bicyclic) bond motifs is 1. The molecule has 0 radical (unpaired) electrons. The van der Waals surface area contributed by atoms with E-state index in [4.69, 9.17) is 4.74 Å². The molecule has 4 rings (SSSR count). The van der Waals surface area contributed by atoms with Gasteiger partial charge in [-0.2, -0.15) is 5.10 Å². The maximum Gasteiger partial charge on any atom is 0.410 e. The number of amides is 2. The number of hydrogen-bond donors (Lipinski definition) is 1. The molecule has 0 spiro atoms. The van der Waals surface area contributed by atoms with E-state index in [2.05, 4.69) is 15.4 Å². The summed E-state index contributed by atoms with van der Waals surface area (Å²) >= 11 is 0. The Bertz CT molecular complexity index is 1320. The van der Waals surface area contributed by atoms with Crippen molar-refractivity contribution in [3.8, 4) is 11.1 Å². The third kappa shape index (κ3) is 6.12. The number of nitrogens with one attached hydrogen (secondary N) is 1. The zero-order chi connectivity index (χ0) is 27.6. The molecule has 202 valence electrons. The summed E-state index contributed by atoms with van der Waals surface area (Å²) in [5, 5.41) is 7.71. The average molecular weight is 523 g/mol. The number of rotatable bonds is 6. The molecule has 1 aliphatic heterocycles. The monoisotopic (exact) mass is 522 g/mol. The lowest BCUT2D eigenvalue weighted by Crippen LogP contribution is -2.43. The van der Waals surface area contributed by atoms with Crippen molar-refractivity contribution in [1.29, 1.82) is 0 Å². The molecule has 1 N–H and O–H groups in total. The molecule has 1 aliphatic rings. The Balaban J connectivity index is 1.57. The minimum Gasteiger partial charge on any atom is -0.444 e. The molecule has 2 aromatic heterocycles. The zero-order valence-corrected chi connectivity index (χ0v) is 22.7. The standard InChI is InChI=1S/C28H35FN6O3/c1-18-14-24(32-26-23(29)8-7-11-30-26)22-15-20(9-10-25(22)35(18)19(2)36)21-16-31-34(17-21)13-12-33(6)27(37)38-28(3,4)5/h7-11,15-18,24H,12-14H2,1-6H3,(H,30,32)/t18-,24+/m0/s1. The molecule has 0 saturated carbocycles. The number of anilines is 2. The Morgan fingerprint density at radius 1 is 1.24 bits per heavy atom. The predicted octanol–water partition coefficient (Wildman–Crippen LogP) is 5.25. The summed E-state index contributed by atoms with van der Waals surface area (Å²) in [7, 11) is 1.70. The van der Waals surface area contributed by atoms with Crippen LogP contribution in [-0.4, -0.2) is 56.9 Å². The van der Waals surface area contributed by atoms with Crippen molar-refractivity contribution in [3.05, 3.63) is 60.3 Å². The Kier molecular flexibility index (Phi) is 7.71. The third-order valence-electron chi connectivity index (χ3n) is 6.43. The second kappa shape index (κ2) is 10.8. The topological polar surface area (TPSA) is 92.6 Å². The van der Waals surface area contributed by atoms with Gasteiger partial charge < -0.3 is 19.9 Å². The number of ether oxygens (including phenoxy) is 1. The summed E-state index contributed by atoms with van der Waals surface area (Å²) in [4.78, 5) is 32.2. The van der Waals surface area contributed by atoms with Gasteiger partial charge in [0, 0.05) is 50.2 Å². The highest BCUT2D eigenvalue weighted by Crippen LogP contribution is 2.41. The van der Waals surface area contributed by atoms with Crippen molar-refractivity contribution in [2.45, 2.75) is 65.3 Å². The van der Waals surface area contributed by atoms with Crippen LogP contribution in [-0.2, 0) is 16.1 Å². The van der Waals surface area contributed by atoms with Gasteiger partial charge in [-0.1, -0.05) is 6.07 Å². The number of benzene rings is 1. The van der Waals surface area contributed by atoms with Crippen molar-refractivity contribution in [2.75, 3.05) is 23.8 Å². The largest absolute Gasteiger partial charge is 0.444 e. The first-order valence-electron chi connectivity index (χ1n) is 12.7. The number of nitrogens with zero attached hydrogens (tertiary/aromatic N) is 5. The Morgan fingerprint density at radius 2 is 2.00 bits per heavy atom. The van der Waals surface area contributed by atoms with Crippen LogP contribution in [0.15, 0.2) is 48.9 Å². The van der Waals surface area contributed by atoms with E-state index in [1.807, 2.05) is 52.1 Å². The second-order valence-corrected chi connectivity index (χ2v) is 10.7. The first-order valence-corrected chi connectivity index (χ1v) is 12.7. The van der Waals surface area contributed by atoms with Crippen molar-refractivity contribution in [1.82, 2.24) is 19.7 Å². The van der Waals surface area contributed by atoms with Crippen LogP contribution in [0.5, 0.6) is 0 Å². The number of pyridine rings is 1. The van der Waals surface area contributed by atoms with Gasteiger partial charge in [-0.05, 0) is 69.5 Å². The van der Waals surface area contributed by atoms with Crippen LogP contribution in [0.2, 0.25) is 0 Å². The zero-order valence-electron chi connectivity index (χ0n) is 22.7. The molecule has 2 atom stereocenters. The van der Waals surface area contributed by atoms with E-state index in [-0.39, 0.29) is 29.9 Å². The van der Waals surface area contributed by atoms with Gasteiger partial charge >= 0.3 is 6.09 Å². The third-order valence-corrected chi connectivity index (χ3v) is 6.43. The van der Waals surface area contributed by atoms with Crippen molar-refractivity contribution >= 4 is 23.5 Å². The van der Waals surface area contributed by atoms with E-state index in [9.17, 15) is 14.0 Å². The van der Waals surface area contributed by atoms with Gasteiger partial charge in [-0.15, -0.1) is 0 Å². The van der Waals surface area contributed by atoms with Crippen LogP contribution in [0.3, 0.4) is 0 Å². The Hall–Kier alpha value is -3.95. The van der Waals surface area contributed by atoms with Gasteiger partial charge in [-0.25, -0.2) is 14.2 Å². The van der Waals surface area contributed by atoms with Crippen molar-refractivity contribution in [3.63, 3.8) is 0 Å². The Labute approximate surface area is 222 Å². The van der Waals surface area contributed by atoms with E-state index in [0.717, 1.165) is 22.4 Å². The molecule has 3 aromatic rings. The van der Waals surface area contributed by atoms with Crippen LogP contribution in [0.4, 0.5) is 20.7 Å². The highest BCUT2D eigenvalue weighted by molar-refractivity contribution is 5.94. The van der Waals surface area contributed by atoms with Crippen LogP contribution in [0.1, 0.15) is 52.6 Å². The van der Waals surface area contributed by atoms with Gasteiger partial charge in [-0.3, -0.25) is 9.48 Å². The van der Waals surface area contributed by atoms with Gasteiger partial charge in [0.1, 0.15) is 5.60 Å². The maximum absolute atomic E-state index is 14.4. The van der Waals surface area contributed by atoms with E-state index in [1.54, 1.807) is 42.0 Å². The summed E-state index contributed by atoms with van der Waals surface area (Å²) in [5.74, 6) is -0.292. The first kappa shape index (κ1) is 27.1. The number of carbonyl (C=O) groups is 2. The fourth-order valence-corrected chi connectivity index (χ4v) is 4.64. The van der Waals surface area contributed by atoms with E-state index < -0.39 is 11.4 Å². The van der Waals surface area contributed by atoms with Gasteiger partial charge in [0.15, 0.2) is 11.6 Å². The van der Waals surface area contributed by atoms with Crippen molar-refractivity contribution in [2.24, 2.45) is 0 Å². The molecule has 0 bridgehead atoms. The number of aromatic nitrogens is 3. The summed E-state index contributed by atoms with van der Waals surface area (Å²) in [6.07, 6.45) is 5.45. The highest BCUT2D eigenvalue weighted by atomic mass is 19.1. The molecular formula is C28H35FN6O3.